The van der Waals surface area contributed by atoms with Gasteiger partial charge in [0.15, 0.2) is 0 Å². The lowest BCUT2D eigenvalue weighted by molar-refractivity contribution is 0.482. The number of rotatable bonds is 10. The molecule has 0 amide bonds. The predicted molar refractivity (Wildman–Crippen MR) is 74.3 cm³/mol. The highest BCUT2D eigenvalue weighted by Gasteiger charge is 2.11. The summed E-state index contributed by atoms with van der Waals surface area (Å²) in [6.07, 6.45) is 11.3. The van der Waals surface area contributed by atoms with Crippen LogP contribution in [0.1, 0.15) is 69.7 Å². The van der Waals surface area contributed by atoms with Crippen LogP contribution in [0.25, 0.3) is 0 Å². The molecule has 3 nitrogen and oxygen atoms in total. The molecule has 0 saturated heterocycles. The van der Waals surface area contributed by atoms with Crippen molar-refractivity contribution in [2.75, 3.05) is 6.54 Å². The lowest BCUT2D eigenvalue weighted by atomic mass is 10.0. The molecule has 0 radical (unpaired) electrons. The standard InChI is InChI=1S/C13H25N3S/c1-3-5-6-7-8-9-10-12(14-4-2)13-11-15-16-17-13/h11-12,14H,3-10H2,1-2H3. The molecule has 1 aromatic heterocycles. The Morgan fingerprint density at radius 1 is 1.18 bits per heavy atom. The van der Waals surface area contributed by atoms with Gasteiger partial charge in [-0.3, -0.25) is 0 Å². The molecule has 4 heteroatoms. The summed E-state index contributed by atoms with van der Waals surface area (Å²) in [6, 6.07) is 0.464. The van der Waals surface area contributed by atoms with Crippen molar-refractivity contribution in [1.82, 2.24) is 14.9 Å². The van der Waals surface area contributed by atoms with E-state index in [0.29, 0.717) is 6.04 Å². The van der Waals surface area contributed by atoms with Crippen LogP contribution in [0.3, 0.4) is 0 Å². The Hall–Kier alpha value is -0.480. The second kappa shape index (κ2) is 9.54. The maximum atomic E-state index is 3.95. The molecule has 1 rings (SSSR count). The van der Waals surface area contributed by atoms with E-state index in [-0.39, 0.29) is 0 Å². The van der Waals surface area contributed by atoms with Gasteiger partial charge in [-0.1, -0.05) is 56.9 Å². The van der Waals surface area contributed by atoms with Gasteiger partial charge in [-0.15, -0.1) is 5.10 Å². The fourth-order valence-corrected chi connectivity index (χ4v) is 2.66. The van der Waals surface area contributed by atoms with Gasteiger partial charge >= 0.3 is 0 Å². The lowest BCUT2D eigenvalue weighted by Crippen LogP contribution is -2.19. The van der Waals surface area contributed by atoms with Crippen LogP contribution in [0.5, 0.6) is 0 Å². The van der Waals surface area contributed by atoms with Crippen LogP contribution in [0.2, 0.25) is 0 Å². The van der Waals surface area contributed by atoms with Crippen molar-refractivity contribution in [1.29, 1.82) is 0 Å². The van der Waals surface area contributed by atoms with Crippen molar-refractivity contribution in [2.45, 2.75) is 64.8 Å². The third-order valence-electron chi connectivity index (χ3n) is 3.02. The molecule has 0 aliphatic rings. The summed E-state index contributed by atoms with van der Waals surface area (Å²) in [4.78, 5) is 1.28. The van der Waals surface area contributed by atoms with E-state index >= 15 is 0 Å². The highest BCUT2D eigenvalue weighted by molar-refractivity contribution is 7.05. The SMILES string of the molecule is CCCCCCCCC(NCC)c1cnns1. The molecular weight excluding hydrogens is 230 g/mol. The van der Waals surface area contributed by atoms with Gasteiger partial charge in [-0.25, -0.2) is 0 Å². The largest absolute Gasteiger partial charge is 0.309 e. The van der Waals surface area contributed by atoms with E-state index in [0.717, 1.165) is 6.54 Å². The van der Waals surface area contributed by atoms with Crippen LogP contribution in [0.15, 0.2) is 6.20 Å². The molecule has 1 unspecified atom stereocenters. The summed E-state index contributed by atoms with van der Waals surface area (Å²) in [6.45, 7) is 5.43. The van der Waals surface area contributed by atoms with Gasteiger partial charge in [0.05, 0.1) is 11.1 Å². The quantitative estimate of drug-likeness (QED) is 0.643. The van der Waals surface area contributed by atoms with E-state index in [1.165, 1.54) is 61.4 Å². The van der Waals surface area contributed by atoms with Crippen molar-refractivity contribution in [3.05, 3.63) is 11.1 Å². The van der Waals surface area contributed by atoms with E-state index in [2.05, 4.69) is 28.8 Å². The Morgan fingerprint density at radius 2 is 1.94 bits per heavy atom. The Balaban J connectivity index is 2.17. The molecule has 1 N–H and O–H groups in total. The van der Waals surface area contributed by atoms with Crippen molar-refractivity contribution >= 4 is 11.5 Å². The number of unbranched alkanes of at least 4 members (excludes halogenated alkanes) is 5. The van der Waals surface area contributed by atoms with Crippen molar-refractivity contribution in [3.8, 4) is 0 Å². The number of hydrogen-bond donors (Lipinski definition) is 1. The van der Waals surface area contributed by atoms with E-state index < -0.39 is 0 Å². The monoisotopic (exact) mass is 255 g/mol. The van der Waals surface area contributed by atoms with Crippen molar-refractivity contribution in [2.24, 2.45) is 0 Å². The maximum absolute atomic E-state index is 3.95. The Bertz CT molecular complexity index is 262. The first-order valence-electron chi connectivity index (χ1n) is 6.89. The molecule has 0 aromatic carbocycles. The molecule has 0 aliphatic heterocycles. The summed E-state index contributed by atoms with van der Waals surface area (Å²) >= 11 is 1.52. The van der Waals surface area contributed by atoms with Gasteiger partial charge in [0.1, 0.15) is 0 Å². The number of nitrogens with zero attached hydrogens (tertiary/aromatic N) is 2. The minimum absolute atomic E-state index is 0.464. The first kappa shape index (κ1) is 14.6. The Morgan fingerprint density at radius 3 is 2.59 bits per heavy atom. The minimum Gasteiger partial charge on any atom is -0.309 e. The van der Waals surface area contributed by atoms with Crippen molar-refractivity contribution < 1.29 is 0 Å². The van der Waals surface area contributed by atoms with Gasteiger partial charge in [-0.05, 0) is 24.5 Å². The third kappa shape index (κ3) is 6.13. The molecule has 0 aliphatic carbocycles. The second-order valence-electron chi connectivity index (χ2n) is 4.49. The molecule has 17 heavy (non-hydrogen) atoms. The van der Waals surface area contributed by atoms with Gasteiger partial charge < -0.3 is 5.32 Å². The van der Waals surface area contributed by atoms with E-state index in [9.17, 15) is 0 Å². The first-order valence-corrected chi connectivity index (χ1v) is 7.66. The lowest BCUT2D eigenvalue weighted by Gasteiger charge is -2.15. The molecule has 0 spiro atoms. The van der Waals surface area contributed by atoms with E-state index in [1.54, 1.807) is 0 Å². The average Bonchev–Trinajstić information content (AvgIpc) is 2.86. The van der Waals surface area contributed by atoms with E-state index in [4.69, 9.17) is 0 Å². The second-order valence-corrected chi connectivity index (χ2v) is 5.30. The number of hydrogen-bond acceptors (Lipinski definition) is 4. The van der Waals surface area contributed by atoms with E-state index in [1.807, 2.05) is 6.20 Å². The molecule has 1 heterocycles. The first-order chi connectivity index (χ1) is 8.38. The molecule has 1 aromatic rings. The van der Waals surface area contributed by atoms with Gasteiger partial charge in [0, 0.05) is 6.04 Å². The zero-order valence-electron chi connectivity index (χ0n) is 11.1. The highest BCUT2D eigenvalue weighted by atomic mass is 32.1. The zero-order valence-corrected chi connectivity index (χ0v) is 11.9. The van der Waals surface area contributed by atoms with Crippen LogP contribution in [-0.2, 0) is 0 Å². The van der Waals surface area contributed by atoms with Crippen LogP contribution in [-0.4, -0.2) is 16.1 Å². The van der Waals surface area contributed by atoms with Gasteiger partial charge in [0.2, 0.25) is 0 Å². The fourth-order valence-electron chi connectivity index (χ4n) is 2.05. The summed E-state index contributed by atoms with van der Waals surface area (Å²) in [7, 11) is 0. The number of aromatic nitrogens is 2. The Kier molecular flexibility index (Phi) is 8.18. The normalized spacial score (nSPS) is 12.8. The average molecular weight is 255 g/mol. The Labute approximate surface area is 109 Å². The topological polar surface area (TPSA) is 37.8 Å². The maximum Gasteiger partial charge on any atom is 0.0669 e. The summed E-state index contributed by atoms with van der Waals surface area (Å²) in [5, 5.41) is 7.44. The number of nitrogens with one attached hydrogen (secondary N) is 1. The molecule has 1 atom stereocenters. The zero-order chi connectivity index (χ0) is 12.3. The summed E-state index contributed by atoms with van der Waals surface area (Å²) in [5.74, 6) is 0. The summed E-state index contributed by atoms with van der Waals surface area (Å²) < 4.78 is 3.95. The van der Waals surface area contributed by atoms with Gasteiger partial charge in [0.25, 0.3) is 0 Å². The molecule has 0 fully saturated rings. The summed E-state index contributed by atoms with van der Waals surface area (Å²) in [5.41, 5.74) is 0. The molecular formula is C13H25N3S. The fraction of sp³-hybridized carbons (Fsp3) is 0.846. The van der Waals surface area contributed by atoms with Crippen LogP contribution in [0, 0.1) is 0 Å². The minimum atomic E-state index is 0.464. The molecule has 98 valence electrons. The third-order valence-corrected chi connectivity index (χ3v) is 3.80. The predicted octanol–water partition coefficient (Wildman–Crippen LogP) is 3.94. The van der Waals surface area contributed by atoms with Crippen LogP contribution >= 0.6 is 11.5 Å². The van der Waals surface area contributed by atoms with Crippen molar-refractivity contribution in [3.63, 3.8) is 0 Å². The molecule has 0 bridgehead atoms. The molecule has 0 saturated carbocycles. The smallest absolute Gasteiger partial charge is 0.0669 e. The van der Waals surface area contributed by atoms with Gasteiger partial charge in [-0.2, -0.15) is 0 Å². The van der Waals surface area contributed by atoms with Crippen LogP contribution in [0.4, 0.5) is 0 Å². The highest BCUT2D eigenvalue weighted by Crippen LogP contribution is 2.22. The van der Waals surface area contributed by atoms with Crippen LogP contribution < -0.4 is 5.32 Å².